The number of carboxylic acids is 1. The van der Waals surface area contributed by atoms with Crippen molar-refractivity contribution in [2.75, 3.05) is 0 Å². The molecule has 0 radical (unpaired) electrons. The van der Waals surface area contributed by atoms with E-state index in [1.165, 1.54) is 37.3 Å². The maximum atomic E-state index is 10.4. The molecule has 2 heteroatoms. The lowest BCUT2D eigenvalue weighted by Gasteiger charge is -2.43. The Balaban J connectivity index is 2.01. The molecule has 2 nitrogen and oxygen atoms in total. The second-order valence-corrected chi connectivity index (χ2v) is 3.91. The quantitative estimate of drug-likeness (QED) is 0.606. The van der Waals surface area contributed by atoms with Gasteiger partial charge in [0.25, 0.3) is 0 Å². The van der Waals surface area contributed by atoms with Gasteiger partial charge in [0, 0.05) is 6.08 Å². The van der Waals surface area contributed by atoms with Crippen molar-refractivity contribution in [3.8, 4) is 0 Å². The first-order chi connectivity index (χ1) is 5.77. The first-order valence-corrected chi connectivity index (χ1v) is 4.71. The molecule has 0 spiro atoms. The number of fused-ring (bicyclic) bond motifs is 1. The second kappa shape index (κ2) is 2.92. The molecular formula is C10H14O2. The highest BCUT2D eigenvalue weighted by molar-refractivity contribution is 5.81. The second-order valence-electron chi connectivity index (χ2n) is 3.91. The average Bonchev–Trinajstić information content (AvgIpc) is 2.00. The Kier molecular flexibility index (Phi) is 1.91. The maximum Gasteiger partial charge on any atom is 0.328 e. The van der Waals surface area contributed by atoms with Crippen LogP contribution in [-0.2, 0) is 4.79 Å². The van der Waals surface area contributed by atoms with Crippen LogP contribution in [0.5, 0.6) is 0 Å². The molecule has 0 aromatic carbocycles. The fourth-order valence-electron chi connectivity index (χ4n) is 2.56. The highest BCUT2D eigenvalue weighted by atomic mass is 16.4. The SMILES string of the molecule is O=C(O)C=C1CC2CCCCC12. The van der Waals surface area contributed by atoms with Gasteiger partial charge in [-0.2, -0.15) is 0 Å². The minimum absolute atomic E-state index is 0.634. The van der Waals surface area contributed by atoms with Gasteiger partial charge in [-0.05, 0) is 31.1 Å². The van der Waals surface area contributed by atoms with Crippen molar-refractivity contribution >= 4 is 5.97 Å². The minimum Gasteiger partial charge on any atom is -0.478 e. The van der Waals surface area contributed by atoms with Crippen molar-refractivity contribution in [2.24, 2.45) is 11.8 Å². The van der Waals surface area contributed by atoms with E-state index in [4.69, 9.17) is 5.11 Å². The molecule has 0 aromatic rings. The lowest BCUT2D eigenvalue weighted by Crippen LogP contribution is -2.32. The molecule has 2 rings (SSSR count). The van der Waals surface area contributed by atoms with E-state index < -0.39 is 5.97 Å². The molecule has 1 N–H and O–H groups in total. The lowest BCUT2D eigenvalue weighted by atomic mass is 9.62. The van der Waals surface area contributed by atoms with Gasteiger partial charge < -0.3 is 5.11 Å². The molecule has 0 aromatic heterocycles. The van der Waals surface area contributed by atoms with Crippen LogP contribution in [0.2, 0.25) is 0 Å². The summed E-state index contributed by atoms with van der Waals surface area (Å²) in [7, 11) is 0. The molecule has 2 saturated carbocycles. The fraction of sp³-hybridized carbons (Fsp3) is 0.700. The first kappa shape index (κ1) is 7.84. The zero-order chi connectivity index (χ0) is 8.55. The van der Waals surface area contributed by atoms with E-state index >= 15 is 0 Å². The zero-order valence-corrected chi connectivity index (χ0v) is 7.12. The number of carboxylic acid groups (broad SMARTS) is 1. The van der Waals surface area contributed by atoms with Crippen LogP contribution < -0.4 is 0 Å². The Morgan fingerprint density at radius 2 is 2.17 bits per heavy atom. The van der Waals surface area contributed by atoms with Crippen LogP contribution >= 0.6 is 0 Å². The number of carbonyl (C=O) groups is 1. The van der Waals surface area contributed by atoms with Crippen LogP contribution in [-0.4, -0.2) is 11.1 Å². The normalized spacial score (nSPS) is 37.2. The van der Waals surface area contributed by atoms with Gasteiger partial charge in [-0.3, -0.25) is 0 Å². The molecule has 0 saturated heterocycles. The first-order valence-electron chi connectivity index (χ1n) is 4.71. The molecule has 2 fully saturated rings. The molecule has 0 aliphatic heterocycles. The van der Waals surface area contributed by atoms with Crippen molar-refractivity contribution in [3.63, 3.8) is 0 Å². The zero-order valence-electron chi connectivity index (χ0n) is 7.12. The smallest absolute Gasteiger partial charge is 0.328 e. The van der Waals surface area contributed by atoms with Crippen molar-refractivity contribution in [1.82, 2.24) is 0 Å². The molecule has 66 valence electrons. The number of allylic oxidation sites excluding steroid dienone is 1. The molecule has 0 bridgehead atoms. The largest absolute Gasteiger partial charge is 0.478 e. The van der Waals surface area contributed by atoms with Crippen LogP contribution in [0, 0.1) is 11.8 Å². The summed E-state index contributed by atoms with van der Waals surface area (Å²) in [6.45, 7) is 0. The average molecular weight is 166 g/mol. The van der Waals surface area contributed by atoms with Gasteiger partial charge in [-0.15, -0.1) is 0 Å². The maximum absolute atomic E-state index is 10.4. The third-order valence-electron chi connectivity index (χ3n) is 3.19. The van der Waals surface area contributed by atoms with Crippen LogP contribution in [0.25, 0.3) is 0 Å². The van der Waals surface area contributed by atoms with Crippen LogP contribution in [0.3, 0.4) is 0 Å². The summed E-state index contributed by atoms with van der Waals surface area (Å²) >= 11 is 0. The van der Waals surface area contributed by atoms with Gasteiger partial charge in [0.15, 0.2) is 0 Å². The Bertz CT molecular complexity index is 230. The van der Waals surface area contributed by atoms with Crippen molar-refractivity contribution in [3.05, 3.63) is 11.6 Å². The highest BCUT2D eigenvalue weighted by Gasteiger charge is 2.37. The molecule has 2 atom stereocenters. The van der Waals surface area contributed by atoms with Gasteiger partial charge in [-0.1, -0.05) is 18.4 Å². The summed E-state index contributed by atoms with van der Waals surface area (Å²) in [4.78, 5) is 10.4. The highest BCUT2D eigenvalue weighted by Crippen LogP contribution is 2.48. The van der Waals surface area contributed by atoms with Crippen molar-refractivity contribution in [2.45, 2.75) is 32.1 Å². The van der Waals surface area contributed by atoms with Gasteiger partial charge in [-0.25, -0.2) is 4.79 Å². The summed E-state index contributed by atoms with van der Waals surface area (Å²) in [5.41, 5.74) is 1.19. The molecule has 2 aliphatic rings. The van der Waals surface area contributed by atoms with E-state index in [9.17, 15) is 4.79 Å². The number of aliphatic carboxylic acids is 1. The molecule has 12 heavy (non-hydrogen) atoms. The molecule has 2 unspecified atom stereocenters. The number of hydrogen-bond acceptors (Lipinski definition) is 1. The third kappa shape index (κ3) is 1.26. The molecular weight excluding hydrogens is 152 g/mol. The van der Waals surface area contributed by atoms with Crippen molar-refractivity contribution < 1.29 is 9.90 Å². The molecule has 0 heterocycles. The lowest BCUT2D eigenvalue weighted by molar-refractivity contribution is -0.131. The molecule has 2 aliphatic carbocycles. The number of hydrogen-bond donors (Lipinski definition) is 1. The summed E-state index contributed by atoms with van der Waals surface area (Å²) in [6.07, 6.45) is 7.66. The van der Waals surface area contributed by atoms with E-state index in [0.717, 1.165) is 12.3 Å². The van der Waals surface area contributed by atoms with Gasteiger partial charge >= 0.3 is 5.97 Å². The fourth-order valence-corrected chi connectivity index (χ4v) is 2.56. The van der Waals surface area contributed by atoms with Gasteiger partial charge in [0.2, 0.25) is 0 Å². The van der Waals surface area contributed by atoms with E-state index in [1.807, 2.05) is 0 Å². The monoisotopic (exact) mass is 166 g/mol. The Morgan fingerprint density at radius 1 is 1.42 bits per heavy atom. The van der Waals surface area contributed by atoms with E-state index in [-0.39, 0.29) is 0 Å². The predicted molar refractivity (Wildman–Crippen MR) is 45.8 cm³/mol. The standard InChI is InChI=1S/C10H14O2/c11-10(12)6-8-5-7-3-1-2-4-9(7)8/h6-7,9H,1-5H2,(H,11,12). The van der Waals surface area contributed by atoms with Crippen LogP contribution in [0.15, 0.2) is 11.6 Å². The van der Waals surface area contributed by atoms with Crippen molar-refractivity contribution in [1.29, 1.82) is 0 Å². The third-order valence-corrected chi connectivity index (χ3v) is 3.19. The van der Waals surface area contributed by atoms with E-state index in [1.54, 1.807) is 0 Å². The van der Waals surface area contributed by atoms with Gasteiger partial charge in [0.05, 0.1) is 0 Å². The predicted octanol–water partition coefficient (Wildman–Crippen LogP) is 2.21. The van der Waals surface area contributed by atoms with E-state index in [0.29, 0.717) is 5.92 Å². The van der Waals surface area contributed by atoms with Crippen LogP contribution in [0.1, 0.15) is 32.1 Å². The van der Waals surface area contributed by atoms with E-state index in [2.05, 4.69) is 0 Å². The van der Waals surface area contributed by atoms with Gasteiger partial charge in [0.1, 0.15) is 0 Å². The summed E-state index contributed by atoms with van der Waals surface area (Å²) in [5, 5.41) is 8.56. The molecule has 0 amide bonds. The number of rotatable bonds is 1. The Morgan fingerprint density at radius 3 is 2.83 bits per heavy atom. The van der Waals surface area contributed by atoms with Crippen LogP contribution in [0.4, 0.5) is 0 Å². The Labute approximate surface area is 72.3 Å². The summed E-state index contributed by atoms with van der Waals surface area (Å²) in [6, 6.07) is 0. The Hall–Kier alpha value is -0.790. The topological polar surface area (TPSA) is 37.3 Å². The minimum atomic E-state index is -0.769. The summed E-state index contributed by atoms with van der Waals surface area (Å²) < 4.78 is 0. The summed E-state index contributed by atoms with van der Waals surface area (Å²) in [5.74, 6) is 0.688.